The first-order valence-corrected chi connectivity index (χ1v) is 12.4. The zero-order chi connectivity index (χ0) is 23.5. The topological polar surface area (TPSA) is 41.0 Å². The summed E-state index contributed by atoms with van der Waals surface area (Å²) in [4.78, 5) is 20.0. The lowest BCUT2D eigenvalue weighted by molar-refractivity contribution is -0.133. The first kappa shape index (κ1) is 22.8. The van der Waals surface area contributed by atoms with Gasteiger partial charge in [0.05, 0.1) is 24.9 Å². The molecular weight excluding hydrogens is 448 g/mol. The molecule has 3 heterocycles. The van der Waals surface area contributed by atoms with Crippen molar-refractivity contribution in [3.8, 4) is 5.75 Å². The van der Waals surface area contributed by atoms with Crippen molar-refractivity contribution in [2.75, 3.05) is 50.8 Å². The summed E-state index contributed by atoms with van der Waals surface area (Å²) >= 11 is 6.14. The Morgan fingerprint density at radius 3 is 2.47 bits per heavy atom. The van der Waals surface area contributed by atoms with Crippen molar-refractivity contribution in [3.05, 3.63) is 83.1 Å². The second-order valence-electron chi connectivity index (χ2n) is 8.82. The Hall–Kier alpha value is -2.96. The zero-order valence-corrected chi connectivity index (χ0v) is 20.3. The van der Waals surface area contributed by atoms with Crippen LogP contribution in [0.1, 0.15) is 24.2 Å². The predicted octanol–water partition coefficient (Wildman–Crippen LogP) is 4.29. The maximum absolute atomic E-state index is 13.4. The number of hydrogen-bond acceptors (Lipinski definition) is 4. The number of carbonyl (C=O) groups excluding carboxylic acids is 1. The van der Waals surface area contributed by atoms with Crippen LogP contribution in [0.5, 0.6) is 5.75 Å². The summed E-state index contributed by atoms with van der Waals surface area (Å²) in [5, 5.41) is 0.723. The van der Waals surface area contributed by atoms with Crippen LogP contribution in [0.25, 0.3) is 0 Å². The minimum atomic E-state index is 0.0457. The number of anilines is 1. The number of halogens is 1. The number of benzene rings is 2. The van der Waals surface area contributed by atoms with Gasteiger partial charge in [-0.05, 0) is 48.9 Å². The summed E-state index contributed by atoms with van der Waals surface area (Å²) in [6, 6.07) is 20.4. The molecule has 2 aliphatic heterocycles. The fourth-order valence-electron chi connectivity index (χ4n) is 5.09. The molecule has 1 amide bonds. The first-order valence-electron chi connectivity index (χ1n) is 12.0. The van der Waals surface area contributed by atoms with Gasteiger partial charge in [0.1, 0.15) is 5.75 Å². The average Bonchev–Trinajstić information content (AvgIpc) is 3.34. The van der Waals surface area contributed by atoms with Crippen LogP contribution in [0.4, 0.5) is 5.69 Å². The molecule has 0 bridgehead atoms. The van der Waals surface area contributed by atoms with Gasteiger partial charge in [-0.2, -0.15) is 0 Å². The van der Waals surface area contributed by atoms with Gasteiger partial charge in [0, 0.05) is 56.2 Å². The van der Waals surface area contributed by atoms with E-state index in [0.29, 0.717) is 13.2 Å². The number of amides is 1. The molecule has 1 aromatic heterocycles. The fourth-order valence-corrected chi connectivity index (χ4v) is 5.22. The lowest BCUT2D eigenvalue weighted by Gasteiger charge is -2.40. The normalized spacial score (nSPS) is 18.6. The van der Waals surface area contributed by atoms with Gasteiger partial charge in [0.2, 0.25) is 5.91 Å². The quantitative estimate of drug-likeness (QED) is 0.530. The third kappa shape index (κ3) is 4.65. The van der Waals surface area contributed by atoms with Crippen molar-refractivity contribution in [2.45, 2.75) is 19.5 Å². The van der Waals surface area contributed by atoms with E-state index in [1.54, 1.807) is 0 Å². The molecule has 1 saturated heterocycles. The molecule has 178 valence electrons. The van der Waals surface area contributed by atoms with E-state index in [-0.39, 0.29) is 11.9 Å². The second-order valence-corrected chi connectivity index (χ2v) is 9.26. The van der Waals surface area contributed by atoms with Crippen LogP contribution in [0.15, 0.2) is 66.9 Å². The number of rotatable bonds is 6. The summed E-state index contributed by atoms with van der Waals surface area (Å²) in [6.07, 6.45) is 2.12. The van der Waals surface area contributed by atoms with E-state index in [4.69, 9.17) is 16.3 Å². The maximum Gasteiger partial charge on any atom is 0.236 e. The molecule has 1 unspecified atom stereocenters. The van der Waals surface area contributed by atoms with Crippen LogP contribution < -0.4 is 9.64 Å². The van der Waals surface area contributed by atoms with Crippen LogP contribution in [0, 0.1) is 0 Å². The van der Waals surface area contributed by atoms with Gasteiger partial charge >= 0.3 is 0 Å². The molecule has 1 fully saturated rings. The molecule has 34 heavy (non-hydrogen) atoms. The Morgan fingerprint density at radius 2 is 1.71 bits per heavy atom. The van der Waals surface area contributed by atoms with Gasteiger partial charge in [-0.25, -0.2) is 0 Å². The van der Waals surface area contributed by atoms with E-state index in [2.05, 4.69) is 50.9 Å². The Morgan fingerprint density at radius 1 is 0.941 bits per heavy atom. The Balaban J connectivity index is 1.27. The summed E-state index contributed by atoms with van der Waals surface area (Å²) in [5.74, 6) is 1.10. The summed E-state index contributed by atoms with van der Waals surface area (Å²) in [5.41, 5.74) is 3.49. The molecule has 5 rings (SSSR count). The van der Waals surface area contributed by atoms with E-state index < -0.39 is 0 Å². The number of para-hydroxylation sites is 2. The van der Waals surface area contributed by atoms with E-state index >= 15 is 0 Å². The summed E-state index contributed by atoms with van der Waals surface area (Å²) in [6.45, 7) is 7.83. The zero-order valence-electron chi connectivity index (χ0n) is 19.6. The largest absolute Gasteiger partial charge is 0.492 e. The van der Waals surface area contributed by atoms with E-state index in [0.717, 1.165) is 61.3 Å². The molecule has 0 saturated carbocycles. The number of hydrogen-bond donors (Lipinski definition) is 0. The predicted molar refractivity (Wildman–Crippen MR) is 136 cm³/mol. The third-order valence-corrected chi connectivity index (χ3v) is 7.05. The van der Waals surface area contributed by atoms with Crippen LogP contribution >= 0.6 is 11.6 Å². The van der Waals surface area contributed by atoms with Crippen LogP contribution in [0.2, 0.25) is 5.02 Å². The minimum absolute atomic E-state index is 0.0457. The Bertz CT molecular complexity index is 1120. The molecular formula is C27H31ClN4O2. The highest BCUT2D eigenvalue weighted by atomic mass is 35.5. The summed E-state index contributed by atoms with van der Waals surface area (Å²) in [7, 11) is 0. The van der Waals surface area contributed by atoms with E-state index in [1.807, 2.05) is 42.2 Å². The van der Waals surface area contributed by atoms with Crippen LogP contribution in [-0.2, 0) is 11.3 Å². The molecule has 2 aliphatic rings. The standard InChI is InChI=1S/C27H31ClN4O2/c1-2-34-25-8-4-3-6-23(25)30-14-17-31(18-15-30)26(33)20-32-19-16-29-13-5-7-24(29)27(32)21-9-11-22(28)12-10-21/h3-13,27H,2,14-20H2,1H3. The molecule has 1 atom stereocenters. The van der Waals surface area contributed by atoms with Crippen molar-refractivity contribution in [1.29, 1.82) is 0 Å². The lowest BCUT2D eigenvalue weighted by atomic mass is 10.00. The molecule has 3 aromatic rings. The molecule has 0 spiro atoms. The lowest BCUT2D eigenvalue weighted by Crippen LogP contribution is -2.52. The van der Waals surface area contributed by atoms with Gasteiger partial charge in [-0.3, -0.25) is 9.69 Å². The molecule has 6 nitrogen and oxygen atoms in total. The number of piperazine rings is 1. The fraction of sp³-hybridized carbons (Fsp3) is 0.370. The highest BCUT2D eigenvalue weighted by Gasteiger charge is 2.32. The molecule has 0 radical (unpaired) electrons. The third-order valence-electron chi connectivity index (χ3n) is 6.80. The van der Waals surface area contributed by atoms with Crippen molar-refractivity contribution in [1.82, 2.24) is 14.4 Å². The maximum atomic E-state index is 13.4. The minimum Gasteiger partial charge on any atom is -0.492 e. The second kappa shape index (κ2) is 10.1. The highest BCUT2D eigenvalue weighted by molar-refractivity contribution is 6.30. The van der Waals surface area contributed by atoms with E-state index in [1.165, 1.54) is 5.69 Å². The van der Waals surface area contributed by atoms with Gasteiger partial charge in [-0.1, -0.05) is 35.9 Å². The number of ether oxygens (including phenoxy) is 1. The van der Waals surface area contributed by atoms with Crippen molar-refractivity contribution < 1.29 is 9.53 Å². The van der Waals surface area contributed by atoms with Gasteiger partial charge in [-0.15, -0.1) is 0 Å². The highest BCUT2D eigenvalue weighted by Crippen LogP contribution is 2.33. The molecule has 2 aromatic carbocycles. The Kier molecular flexibility index (Phi) is 6.79. The number of fused-ring (bicyclic) bond motifs is 1. The number of carbonyl (C=O) groups is 1. The monoisotopic (exact) mass is 478 g/mol. The van der Waals surface area contributed by atoms with E-state index in [9.17, 15) is 4.79 Å². The first-order chi connectivity index (χ1) is 16.6. The molecule has 0 aliphatic carbocycles. The summed E-state index contributed by atoms with van der Waals surface area (Å²) < 4.78 is 8.10. The van der Waals surface area contributed by atoms with Gasteiger partial charge < -0.3 is 19.1 Å². The van der Waals surface area contributed by atoms with Crippen LogP contribution in [-0.4, -0.2) is 66.1 Å². The average molecular weight is 479 g/mol. The van der Waals surface area contributed by atoms with Gasteiger partial charge in [0.15, 0.2) is 0 Å². The molecule has 0 N–H and O–H groups in total. The Labute approximate surface area is 206 Å². The van der Waals surface area contributed by atoms with Gasteiger partial charge in [0.25, 0.3) is 0 Å². The molecule has 7 heteroatoms. The SMILES string of the molecule is CCOc1ccccc1N1CCN(C(=O)CN2CCn3cccc3C2c2ccc(Cl)cc2)CC1. The van der Waals surface area contributed by atoms with Crippen molar-refractivity contribution in [3.63, 3.8) is 0 Å². The number of aromatic nitrogens is 1. The van der Waals surface area contributed by atoms with Crippen molar-refractivity contribution >= 4 is 23.2 Å². The smallest absolute Gasteiger partial charge is 0.236 e. The number of nitrogens with zero attached hydrogens (tertiary/aromatic N) is 4. The van der Waals surface area contributed by atoms with Crippen molar-refractivity contribution in [2.24, 2.45) is 0 Å². The van der Waals surface area contributed by atoms with Crippen LogP contribution in [0.3, 0.4) is 0 Å².